The van der Waals surface area contributed by atoms with Crippen molar-refractivity contribution in [2.24, 2.45) is 0 Å². The Kier molecular flexibility index (Phi) is 6.48. The second-order valence-corrected chi connectivity index (χ2v) is 11.9. The Hall–Kier alpha value is -2.66. The molecule has 34 heavy (non-hydrogen) atoms. The zero-order valence-corrected chi connectivity index (χ0v) is 21.3. The summed E-state index contributed by atoms with van der Waals surface area (Å²) in [7, 11) is -3.54. The van der Waals surface area contributed by atoms with Gasteiger partial charge in [-0.15, -0.1) is 0 Å². The number of carbonyl (C=O) groups excluding carboxylic acids is 1. The van der Waals surface area contributed by atoms with Crippen molar-refractivity contribution in [1.29, 1.82) is 0 Å². The fourth-order valence-corrected chi connectivity index (χ4v) is 6.94. The second-order valence-electron chi connectivity index (χ2n) is 8.00. The number of sulfonamides is 1. The van der Waals surface area contributed by atoms with E-state index < -0.39 is 10.0 Å². The van der Waals surface area contributed by atoms with E-state index in [0.29, 0.717) is 30.3 Å². The lowest BCUT2D eigenvalue weighted by atomic mass is 10.2. The van der Waals surface area contributed by atoms with Gasteiger partial charge in [-0.2, -0.15) is 4.31 Å². The number of halogens is 1. The molecule has 0 N–H and O–H groups in total. The molecule has 2 aromatic carbocycles. The summed E-state index contributed by atoms with van der Waals surface area (Å²) in [4.78, 5) is 24.3. The summed E-state index contributed by atoms with van der Waals surface area (Å²) in [6.07, 6.45) is 5.15. The average molecular weight is 557 g/mol. The Morgan fingerprint density at radius 2 is 1.85 bits per heavy atom. The van der Waals surface area contributed by atoms with Crippen LogP contribution in [-0.2, 0) is 16.6 Å². The van der Waals surface area contributed by atoms with Crippen LogP contribution in [0.15, 0.2) is 76.4 Å². The molecule has 0 unspecified atom stereocenters. The number of anilines is 1. The lowest BCUT2D eigenvalue weighted by Crippen LogP contribution is -2.30. The fourth-order valence-electron chi connectivity index (χ4n) is 3.91. The van der Waals surface area contributed by atoms with Gasteiger partial charge in [0.15, 0.2) is 5.13 Å². The lowest BCUT2D eigenvalue weighted by molar-refractivity contribution is 0.0985. The number of nitrogens with zero attached hydrogens (tertiary/aromatic N) is 4. The Balaban J connectivity index is 1.48. The van der Waals surface area contributed by atoms with Crippen LogP contribution in [0, 0.1) is 0 Å². The molecule has 174 valence electrons. The van der Waals surface area contributed by atoms with E-state index in [0.717, 1.165) is 33.1 Å². The number of rotatable bonds is 6. The van der Waals surface area contributed by atoms with Crippen molar-refractivity contribution in [3.05, 3.63) is 82.6 Å². The topological polar surface area (TPSA) is 83.5 Å². The Labute approximate surface area is 210 Å². The van der Waals surface area contributed by atoms with Gasteiger partial charge in [0, 0.05) is 35.5 Å². The van der Waals surface area contributed by atoms with Gasteiger partial charge >= 0.3 is 0 Å². The van der Waals surface area contributed by atoms with Crippen molar-refractivity contribution >= 4 is 58.5 Å². The van der Waals surface area contributed by atoms with E-state index in [2.05, 4.69) is 25.9 Å². The minimum atomic E-state index is -3.54. The van der Waals surface area contributed by atoms with Gasteiger partial charge in [-0.1, -0.05) is 33.3 Å². The summed E-state index contributed by atoms with van der Waals surface area (Å²) in [5.74, 6) is -0.257. The molecule has 0 spiro atoms. The van der Waals surface area contributed by atoms with Gasteiger partial charge in [-0.25, -0.2) is 13.4 Å². The number of amides is 1. The van der Waals surface area contributed by atoms with Gasteiger partial charge in [0.2, 0.25) is 10.0 Å². The normalized spacial score (nSPS) is 14.5. The first-order chi connectivity index (χ1) is 16.4. The predicted octanol–water partition coefficient (Wildman–Crippen LogP) is 5.09. The maximum atomic E-state index is 13.6. The maximum Gasteiger partial charge on any atom is 0.260 e. The molecule has 0 saturated carbocycles. The first-order valence-electron chi connectivity index (χ1n) is 10.8. The highest BCUT2D eigenvalue weighted by molar-refractivity contribution is 9.10. The number of carbonyl (C=O) groups is 1. The highest BCUT2D eigenvalue weighted by atomic mass is 79.9. The van der Waals surface area contributed by atoms with E-state index in [-0.39, 0.29) is 10.8 Å². The number of pyridine rings is 1. The molecule has 7 nitrogen and oxygen atoms in total. The third-order valence-corrected chi connectivity index (χ3v) is 9.13. The Bertz CT molecular complexity index is 1430. The van der Waals surface area contributed by atoms with E-state index in [4.69, 9.17) is 0 Å². The average Bonchev–Trinajstić information content (AvgIpc) is 3.53. The van der Waals surface area contributed by atoms with Gasteiger partial charge < -0.3 is 0 Å². The molecule has 10 heteroatoms. The van der Waals surface area contributed by atoms with E-state index in [1.165, 1.54) is 27.8 Å². The predicted molar refractivity (Wildman–Crippen MR) is 137 cm³/mol. The largest absolute Gasteiger partial charge is 0.279 e. The second kappa shape index (κ2) is 9.53. The van der Waals surface area contributed by atoms with Crippen LogP contribution in [0.3, 0.4) is 0 Å². The summed E-state index contributed by atoms with van der Waals surface area (Å²) >= 11 is 4.91. The van der Waals surface area contributed by atoms with Crippen molar-refractivity contribution < 1.29 is 13.2 Å². The lowest BCUT2D eigenvalue weighted by Gasteiger charge is -2.20. The van der Waals surface area contributed by atoms with Crippen molar-refractivity contribution in [2.45, 2.75) is 24.3 Å². The summed E-state index contributed by atoms with van der Waals surface area (Å²) in [5, 5.41) is 0.565. The molecule has 0 radical (unpaired) electrons. The molecule has 1 aliphatic heterocycles. The van der Waals surface area contributed by atoms with Crippen molar-refractivity contribution in [3.8, 4) is 0 Å². The van der Waals surface area contributed by atoms with Crippen molar-refractivity contribution in [3.63, 3.8) is 0 Å². The van der Waals surface area contributed by atoms with E-state index >= 15 is 0 Å². The number of thiazole rings is 1. The van der Waals surface area contributed by atoms with Crippen molar-refractivity contribution in [2.75, 3.05) is 18.0 Å². The molecule has 3 heterocycles. The number of hydrogen-bond acceptors (Lipinski definition) is 6. The molecular weight excluding hydrogens is 536 g/mol. The van der Waals surface area contributed by atoms with Crippen LogP contribution >= 0.6 is 27.3 Å². The minimum absolute atomic E-state index is 0.203. The van der Waals surface area contributed by atoms with Crippen LogP contribution in [-0.4, -0.2) is 41.7 Å². The Morgan fingerprint density at radius 3 is 2.56 bits per heavy atom. The van der Waals surface area contributed by atoms with E-state index in [1.54, 1.807) is 29.4 Å². The van der Waals surface area contributed by atoms with Crippen LogP contribution in [0.25, 0.3) is 10.2 Å². The molecular formula is C24H21BrN4O3S2. The summed E-state index contributed by atoms with van der Waals surface area (Å²) in [5.41, 5.74) is 2.06. The van der Waals surface area contributed by atoms with Crippen LogP contribution in [0.5, 0.6) is 0 Å². The molecule has 0 atom stereocenters. The van der Waals surface area contributed by atoms with E-state index in [9.17, 15) is 13.2 Å². The third kappa shape index (κ3) is 4.63. The van der Waals surface area contributed by atoms with Gasteiger partial charge in [0.1, 0.15) is 0 Å². The maximum absolute atomic E-state index is 13.6. The highest BCUT2D eigenvalue weighted by Gasteiger charge is 2.28. The first-order valence-corrected chi connectivity index (χ1v) is 13.8. The molecule has 1 amide bonds. The summed E-state index contributed by atoms with van der Waals surface area (Å²) < 4.78 is 29.1. The SMILES string of the molecule is O=C(c1ccc(S(=O)(=O)N2CCCC2)cc1)N(Cc1cccnc1)c1nc2ccc(Br)cc2s1. The first kappa shape index (κ1) is 23.1. The zero-order valence-electron chi connectivity index (χ0n) is 18.1. The highest BCUT2D eigenvalue weighted by Crippen LogP contribution is 2.32. The molecule has 0 aliphatic carbocycles. The van der Waals surface area contributed by atoms with E-state index in [1.807, 2.05) is 30.3 Å². The molecule has 1 saturated heterocycles. The van der Waals surface area contributed by atoms with Gasteiger partial charge in [-0.3, -0.25) is 14.7 Å². The zero-order chi connectivity index (χ0) is 23.7. The smallest absolute Gasteiger partial charge is 0.260 e. The molecule has 1 fully saturated rings. The Morgan fingerprint density at radius 1 is 1.09 bits per heavy atom. The summed E-state index contributed by atoms with van der Waals surface area (Å²) in [6.45, 7) is 1.37. The summed E-state index contributed by atoms with van der Waals surface area (Å²) in [6, 6.07) is 15.7. The molecule has 4 aromatic rings. The van der Waals surface area contributed by atoms with Crippen LogP contribution < -0.4 is 4.90 Å². The quantitative estimate of drug-likeness (QED) is 0.330. The number of benzene rings is 2. The van der Waals surface area contributed by atoms with Gasteiger partial charge in [0.25, 0.3) is 5.91 Å². The van der Waals surface area contributed by atoms with Crippen LogP contribution in [0.2, 0.25) is 0 Å². The van der Waals surface area contributed by atoms with Gasteiger partial charge in [-0.05, 0) is 66.9 Å². The number of hydrogen-bond donors (Lipinski definition) is 0. The van der Waals surface area contributed by atoms with Crippen LogP contribution in [0.4, 0.5) is 5.13 Å². The number of aromatic nitrogens is 2. The van der Waals surface area contributed by atoms with Crippen LogP contribution in [0.1, 0.15) is 28.8 Å². The standard InChI is InChI=1S/C24H21BrN4O3S2/c25-19-7-10-21-22(14-19)33-24(27-21)29(16-17-4-3-11-26-15-17)23(30)18-5-8-20(9-6-18)34(31,32)28-12-1-2-13-28/h3-11,14-15H,1-2,12-13,16H2. The van der Waals surface area contributed by atoms with Gasteiger partial charge in [0.05, 0.1) is 21.7 Å². The third-order valence-electron chi connectivity index (χ3n) is 5.68. The minimum Gasteiger partial charge on any atom is -0.279 e. The monoisotopic (exact) mass is 556 g/mol. The fraction of sp³-hybridized carbons (Fsp3) is 0.208. The number of fused-ring (bicyclic) bond motifs is 1. The molecule has 5 rings (SSSR count). The molecule has 1 aliphatic rings. The molecule has 0 bridgehead atoms. The van der Waals surface area contributed by atoms with Crippen molar-refractivity contribution in [1.82, 2.24) is 14.3 Å². The molecule has 2 aromatic heterocycles.